The van der Waals surface area contributed by atoms with Gasteiger partial charge in [-0.25, -0.2) is 9.78 Å². The van der Waals surface area contributed by atoms with Gasteiger partial charge in [-0.05, 0) is 24.6 Å². The van der Waals surface area contributed by atoms with Crippen LogP contribution < -0.4 is 5.32 Å². The summed E-state index contributed by atoms with van der Waals surface area (Å²) in [6.07, 6.45) is -0.311. The van der Waals surface area contributed by atoms with Crippen LogP contribution in [0.2, 0.25) is 0 Å². The minimum Gasteiger partial charge on any atom is -0.466 e. The molecule has 0 saturated carbocycles. The number of methoxy groups -OCH3 is 1. The first-order valence-electron chi connectivity index (χ1n) is 9.16. The van der Waals surface area contributed by atoms with Crippen LogP contribution in [-0.2, 0) is 27.2 Å². The predicted octanol–water partition coefficient (Wildman–Crippen LogP) is 3.50. The van der Waals surface area contributed by atoms with Crippen LogP contribution in [0.25, 0.3) is 11.5 Å². The summed E-state index contributed by atoms with van der Waals surface area (Å²) in [6, 6.07) is 19.5. The van der Waals surface area contributed by atoms with E-state index >= 15 is 0 Å². The summed E-state index contributed by atoms with van der Waals surface area (Å²) < 4.78 is 16.3. The number of ether oxygens (including phenoxy) is 2. The minimum absolute atomic E-state index is 0.309. The van der Waals surface area contributed by atoms with E-state index in [9.17, 15) is 4.79 Å². The van der Waals surface area contributed by atoms with Crippen molar-refractivity contribution in [3.05, 3.63) is 77.7 Å². The Kier molecular flexibility index (Phi) is 6.94. The molecule has 0 amide bonds. The first kappa shape index (κ1) is 19.8. The number of hydrogen-bond donors (Lipinski definition) is 1. The predicted molar refractivity (Wildman–Crippen MR) is 105 cm³/mol. The summed E-state index contributed by atoms with van der Waals surface area (Å²) in [7, 11) is 1.34. The summed E-state index contributed by atoms with van der Waals surface area (Å²) in [5, 5.41) is 3.08. The van der Waals surface area contributed by atoms with Crippen molar-refractivity contribution in [2.75, 3.05) is 13.7 Å². The van der Waals surface area contributed by atoms with Gasteiger partial charge in [-0.3, -0.25) is 5.32 Å². The molecule has 1 heterocycles. The molecule has 0 aliphatic carbocycles. The molecule has 0 bridgehead atoms. The highest BCUT2D eigenvalue weighted by Gasteiger charge is 2.20. The average molecular weight is 380 g/mol. The van der Waals surface area contributed by atoms with Crippen molar-refractivity contribution in [3.63, 3.8) is 0 Å². The third kappa shape index (κ3) is 5.28. The van der Waals surface area contributed by atoms with E-state index in [1.54, 1.807) is 0 Å². The van der Waals surface area contributed by atoms with Crippen molar-refractivity contribution in [2.24, 2.45) is 0 Å². The van der Waals surface area contributed by atoms with E-state index in [4.69, 9.17) is 13.9 Å². The fraction of sp³-hybridized carbons (Fsp3) is 0.273. The zero-order chi connectivity index (χ0) is 19.8. The fourth-order valence-electron chi connectivity index (χ4n) is 2.76. The maximum atomic E-state index is 12.0. The van der Waals surface area contributed by atoms with Gasteiger partial charge in [0.1, 0.15) is 5.76 Å². The summed E-state index contributed by atoms with van der Waals surface area (Å²) >= 11 is 0. The first-order valence-corrected chi connectivity index (χ1v) is 9.16. The van der Waals surface area contributed by atoms with Gasteiger partial charge in [0.25, 0.3) is 0 Å². The molecule has 0 aliphatic rings. The number of carbonyl (C=O) groups is 1. The van der Waals surface area contributed by atoms with Gasteiger partial charge in [0.2, 0.25) is 12.1 Å². The molecule has 2 aromatic carbocycles. The molecule has 0 aliphatic heterocycles. The number of oxazole rings is 1. The Morgan fingerprint density at radius 2 is 1.79 bits per heavy atom. The zero-order valence-corrected chi connectivity index (χ0v) is 16.1. The molecule has 0 radical (unpaired) electrons. The maximum Gasteiger partial charge on any atom is 0.350 e. The van der Waals surface area contributed by atoms with Crippen LogP contribution in [-0.4, -0.2) is 30.9 Å². The molecule has 28 heavy (non-hydrogen) atoms. The third-order valence-electron chi connectivity index (χ3n) is 4.29. The van der Waals surface area contributed by atoms with E-state index in [0.29, 0.717) is 25.5 Å². The van der Waals surface area contributed by atoms with Crippen LogP contribution in [0.1, 0.15) is 17.0 Å². The van der Waals surface area contributed by atoms with Gasteiger partial charge in [0.15, 0.2) is 0 Å². The van der Waals surface area contributed by atoms with E-state index in [1.807, 2.05) is 67.6 Å². The number of aromatic nitrogens is 1. The van der Waals surface area contributed by atoms with E-state index in [0.717, 1.165) is 22.6 Å². The van der Waals surface area contributed by atoms with Gasteiger partial charge in [0, 0.05) is 18.5 Å². The summed E-state index contributed by atoms with van der Waals surface area (Å²) in [5.74, 6) is 0.868. The second-order valence-electron chi connectivity index (χ2n) is 6.28. The lowest BCUT2D eigenvalue weighted by Gasteiger charge is -2.17. The van der Waals surface area contributed by atoms with Gasteiger partial charge in [-0.2, -0.15) is 0 Å². The maximum absolute atomic E-state index is 12.0. The van der Waals surface area contributed by atoms with Crippen molar-refractivity contribution in [1.29, 1.82) is 0 Å². The second-order valence-corrected chi connectivity index (χ2v) is 6.28. The SMILES string of the molecule is COC(=O)C(NCc1ccccc1)OCCc1nc(-c2ccccc2)oc1C. The number of nitrogens with zero attached hydrogens (tertiary/aromatic N) is 1. The number of carbonyl (C=O) groups excluding carboxylic acids is 1. The number of esters is 1. The summed E-state index contributed by atoms with van der Waals surface area (Å²) in [6.45, 7) is 2.69. The van der Waals surface area contributed by atoms with E-state index < -0.39 is 12.2 Å². The third-order valence-corrected chi connectivity index (χ3v) is 4.29. The van der Waals surface area contributed by atoms with Gasteiger partial charge in [-0.1, -0.05) is 48.5 Å². The highest BCUT2D eigenvalue weighted by molar-refractivity contribution is 5.74. The largest absolute Gasteiger partial charge is 0.466 e. The van der Waals surface area contributed by atoms with E-state index in [2.05, 4.69) is 10.3 Å². The van der Waals surface area contributed by atoms with Crippen LogP contribution in [0.15, 0.2) is 65.1 Å². The first-order chi connectivity index (χ1) is 13.7. The molecular weight excluding hydrogens is 356 g/mol. The smallest absolute Gasteiger partial charge is 0.350 e. The van der Waals surface area contributed by atoms with Crippen LogP contribution in [0, 0.1) is 6.92 Å². The van der Waals surface area contributed by atoms with Crippen LogP contribution in [0.5, 0.6) is 0 Å². The quantitative estimate of drug-likeness (QED) is 0.452. The van der Waals surface area contributed by atoms with Crippen molar-refractivity contribution in [2.45, 2.75) is 26.1 Å². The molecule has 6 nitrogen and oxygen atoms in total. The van der Waals surface area contributed by atoms with E-state index in [1.165, 1.54) is 7.11 Å². The fourth-order valence-corrected chi connectivity index (χ4v) is 2.76. The van der Waals surface area contributed by atoms with Crippen LogP contribution in [0.3, 0.4) is 0 Å². The summed E-state index contributed by atoms with van der Waals surface area (Å²) in [5.41, 5.74) is 2.79. The Balaban J connectivity index is 1.56. The van der Waals surface area contributed by atoms with Gasteiger partial charge < -0.3 is 13.9 Å². The molecule has 1 aromatic heterocycles. The topological polar surface area (TPSA) is 73.6 Å². The Labute approximate surface area is 164 Å². The second kappa shape index (κ2) is 9.82. The van der Waals surface area contributed by atoms with Crippen molar-refractivity contribution >= 4 is 5.97 Å². The molecule has 3 aromatic rings. The highest BCUT2D eigenvalue weighted by atomic mass is 16.6. The number of nitrogens with one attached hydrogen (secondary N) is 1. The molecule has 0 spiro atoms. The van der Waals surface area contributed by atoms with Gasteiger partial charge >= 0.3 is 5.97 Å². The molecule has 3 rings (SSSR count). The average Bonchev–Trinajstić information content (AvgIpc) is 3.12. The lowest BCUT2D eigenvalue weighted by Crippen LogP contribution is -2.40. The monoisotopic (exact) mass is 380 g/mol. The van der Waals surface area contributed by atoms with Gasteiger partial charge in [-0.15, -0.1) is 0 Å². The van der Waals surface area contributed by atoms with Crippen LogP contribution >= 0.6 is 0 Å². The number of benzene rings is 2. The Morgan fingerprint density at radius 1 is 1.11 bits per heavy atom. The Morgan fingerprint density at radius 3 is 2.46 bits per heavy atom. The number of rotatable bonds is 9. The van der Waals surface area contributed by atoms with E-state index in [-0.39, 0.29) is 0 Å². The number of hydrogen-bond acceptors (Lipinski definition) is 6. The molecule has 0 fully saturated rings. The lowest BCUT2D eigenvalue weighted by atomic mass is 10.2. The number of aryl methyl sites for hydroxylation is 1. The van der Waals surface area contributed by atoms with Crippen LogP contribution in [0.4, 0.5) is 0 Å². The van der Waals surface area contributed by atoms with Crippen molar-refractivity contribution < 1.29 is 18.7 Å². The standard InChI is InChI=1S/C22H24N2O4/c1-16-19(24-20(28-16)18-11-7-4-8-12-18)13-14-27-21(22(25)26-2)23-15-17-9-5-3-6-10-17/h3-12,21,23H,13-15H2,1-2H3. The highest BCUT2D eigenvalue weighted by Crippen LogP contribution is 2.21. The normalized spacial score (nSPS) is 11.9. The molecule has 146 valence electrons. The summed E-state index contributed by atoms with van der Waals surface area (Å²) in [4.78, 5) is 16.5. The molecule has 1 unspecified atom stereocenters. The molecule has 0 saturated heterocycles. The Hall–Kier alpha value is -2.96. The van der Waals surface area contributed by atoms with Gasteiger partial charge in [0.05, 0.1) is 19.4 Å². The zero-order valence-electron chi connectivity index (χ0n) is 16.1. The molecule has 6 heteroatoms. The molecule has 1 atom stereocenters. The molecular formula is C22H24N2O4. The minimum atomic E-state index is -0.842. The molecule has 1 N–H and O–H groups in total. The van der Waals surface area contributed by atoms with Crippen molar-refractivity contribution in [3.8, 4) is 11.5 Å². The lowest BCUT2D eigenvalue weighted by molar-refractivity contribution is -0.156. The Bertz CT molecular complexity index is 878. The van der Waals surface area contributed by atoms with Crippen molar-refractivity contribution in [1.82, 2.24) is 10.3 Å².